The average Bonchev–Trinajstić information content (AvgIpc) is 2.86. The molecule has 0 saturated heterocycles. The van der Waals surface area contributed by atoms with Crippen LogP contribution in [0.5, 0.6) is 0 Å². The number of nitrogens with zero attached hydrogens (tertiary/aromatic N) is 2. The first-order valence-electron chi connectivity index (χ1n) is 5.90. The SMILES string of the molecule is CC(C)c1nc(SCC(=O)c2ccc(Br)cc2)n[nH]1. The molecule has 0 aliphatic rings. The summed E-state index contributed by atoms with van der Waals surface area (Å²) in [6, 6.07) is 7.35. The van der Waals surface area contributed by atoms with Crippen LogP contribution in [0.1, 0.15) is 35.9 Å². The minimum Gasteiger partial charge on any atom is -0.293 e. The zero-order chi connectivity index (χ0) is 13.8. The van der Waals surface area contributed by atoms with Gasteiger partial charge in [-0.25, -0.2) is 4.98 Å². The van der Waals surface area contributed by atoms with Crippen LogP contribution in [0.4, 0.5) is 0 Å². The molecule has 4 nitrogen and oxygen atoms in total. The molecule has 0 saturated carbocycles. The predicted molar refractivity (Wildman–Crippen MR) is 79.7 cm³/mol. The van der Waals surface area contributed by atoms with Gasteiger partial charge < -0.3 is 0 Å². The molecule has 0 spiro atoms. The molecule has 1 aromatic heterocycles. The van der Waals surface area contributed by atoms with E-state index in [1.165, 1.54) is 11.8 Å². The molecule has 2 rings (SSSR count). The van der Waals surface area contributed by atoms with E-state index in [0.29, 0.717) is 22.4 Å². The zero-order valence-corrected chi connectivity index (χ0v) is 13.1. The molecule has 0 amide bonds. The average molecular weight is 340 g/mol. The number of halogens is 1. The summed E-state index contributed by atoms with van der Waals surface area (Å²) in [5, 5.41) is 7.58. The first-order valence-corrected chi connectivity index (χ1v) is 7.68. The second-order valence-electron chi connectivity index (χ2n) is 4.38. The number of hydrogen-bond donors (Lipinski definition) is 1. The van der Waals surface area contributed by atoms with Crippen molar-refractivity contribution >= 4 is 33.5 Å². The van der Waals surface area contributed by atoms with E-state index >= 15 is 0 Å². The standard InChI is InChI=1S/C13H14BrN3OS/c1-8(2)12-15-13(17-16-12)19-7-11(18)9-3-5-10(14)6-4-9/h3-6,8H,7H2,1-2H3,(H,15,16,17). The van der Waals surface area contributed by atoms with Gasteiger partial charge in [0, 0.05) is 16.0 Å². The van der Waals surface area contributed by atoms with Crippen LogP contribution in [-0.2, 0) is 0 Å². The summed E-state index contributed by atoms with van der Waals surface area (Å²) in [7, 11) is 0. The lowest BCUT2D eigenvalue weighted by Gasteiger charge is -1.99. The van der Waals surface area contributed by atoms with Gasteiger partial charge in [0.2, 0.25) is 5.16 Å². The summed E-state index contributed by atoms with van der Waals surface area (Å²) in [6.07, 6.45) is 0. The number of carbonyl (C=O) groups is 1. The Hall–Kier alpha value is -1.14. The molecule has 0 radical (unpaired) electrons. The van der Waals surface area contributed by atoms with E-state index in [9.17, 15) is 4.79 Å². The molecule has 0 aliphatic heterocycles. The number of rotatable bonds is 5. The van der Waals surface area contributed by atoms with Crippen molar-refractivity contribution in [2.45, 2.75) is 24.9 Å². The molecule has 19 heavy (non-hydrogen) atoms. The third-order valence-corrected chi connectivity index (χ3v) is 3.90. The summed E-state index contributed by atoms with van der Waals surface area (Å²) in [5.74, 6) is 1.58. The summed E-state index contributed by atoms with van der Waals surface area (Å²) in [5.41, 5.74) is 0.704. The maximum absolute atomic E-state index is 12.0. The highest BCUT2D eigenvalue weighted by Gasteiger charge is 2.10. The van der Waals surface area contributed by atoms with E-state index in [-0.39, 0.29) is 5.78 Å². The van der Waals surface area contributed by atoms with Crippen molar-refractivity contribution in [3.05, 3.63) is 40.1 Å². The van der Waals surface area contributed by atoms with E-state index in [1.54, 1.807) is 0 Å². The van der Waals surface area contributed by atoms with Gasteiger partial charge in [-0.15, -0.1) is 5.10 Å². The van der Waals surface area contributed by atoms with Crippen molar-refractivity contribution in [1.82, 2.24) is 15.2 Å². The maximum atomic E-state index is 12.0. The van der Waals surface area contributed by atoms with Crippen molar-refractivity contribution in [3.8, 4) is 0 Å². The molecule has 1 aromatic carbocycles. The van der Waals surface area contributed by atoms with Crippen LogP contribution in [0.15, 0.2) is 33.9 Å². The molecule has 0 unspecified atom stereocenters. The molecule has 0 aliphatic carbocycles. The van der Waals surface area contributed by atoms with Gasteiger partial charge in [-0.05, 0) is 12.1 Å². The van der Waals surface area contributed by atoms with Crippen molar-refractivity contribution < 1.29 is 4.79 Å². The molecule has 1 heterocycles. The molecular weight excluding hydrogens is 326 g/mol. The Morgan fingerprint density at radius 3 is 2.63 bits per heavy atom. The number of carbonyl (C=O) groups excluding carboxylic acids is 1. The van der Waals surface area contributed by atoms with Gasteiger partial charge in [-0.1, -0.05) is 53.7 Å². The third kappa shape index (κ3) is 3.91. The zero-order valence-electron chi connectivity index (χ0n) is 10.7. The minimum atomic E-state index is 0.0772. The number of thioether (sulfide) groups is 1. The lowest BCUT2D eigenvalue weighted by Crippen LogP contribution is -2.02. The highest BCUT2D eigenvalue weighted by molar-refractivity contribution is 9.10. The topological polar surface area (TPSA) is 58.6 Å². The first kappa shape index (κ1) is 14.3. The summed E-state index contributed by atoms with van der Waals surface area (Å²) >= 11 is 4.70. The minimum absolute atomic E-state index is 0.0772. The van der Waals surface area contributed by atoms with Crippen LogP contribution in [0.2, 0.25) is 0 Å². The van der Waals surface area contributed by atoms with E-state index < -0.39 is 0 Å². The Morgan fingerprint density at radius 1 is 1.37 bits per heavy atom. The second-order valence-corrected chi connectivity index (χ2v) is 6.23. The Bertz CT molecular complexity index is 566. The van der Waals surface area contributed by atoms with E-state index in [1.807, 2.05) is 38.1 Å². The van der Waals surface area contributed by atoms with E-state index in [4.69, 9.17) is 0 Å². The largest absolute Gasteiger partial charge is 0.293 e. The molecule has 6 heteroatoms. The van der Waals surface area contributed by atoms with Crippen molar-refractivity contribution in [2.24, 2.45) is 0 Å². The van der Waals surface area contributed by atoms with Gasteiger partial charge >= 0.3 is 0 Å². The number of aromatic nitrogens is 3. The number of ketones is 1. The second kappa shape index (κ2) is 6.34. The lowest BCUT2D eigenvalue weighted by molar-refractivity contribution is 0.102. The van der Waals surface area contributed by atoms with E-state index in [0.717, 1.165) is 10.3 Å². The molecule has 2 aromatic rings. The van der Waals surface area contributed by atoms with Crippen LogP contribution in [0.3, 0.4) is 0 Å². The number of benzene rings is 1. The highest BCUT2D eigenvalue weighted by atomic mass is 79.9. The van der Waals surface area contributed by atoms with Gasteiger partial charge in [0.25, 0.3) is 0 Å². The van der Waals surface area contributed by atoms with Crippen molar-refractivity contribution in [1.29, 1.82) is 0 Å². The van der Waals surface area contributed by atoms with Crippen LogP contribution in [0, 0.1) is 0 Å². The van der Waals surface area contributed by atoms with Crippen molar-refractivity contribution in [3.63, 3.8) is 0 Å². The Balaban J connectivity index is 1.94. The lowest BCUT2D eigenvalue weighted by atomic mass is 10.2. The Labute approximate surface area is 124 Å². The summed E-state index contributed by atoms with van der Waals surface area (Å²) in [4.78, 5) is 16.3. The van der Waals surface area contributed by atoms with Crippen LogP contribution < -0.4 is 0 Å². The molecule has 0 fully saturated rings. The molecule has 100 valence electrons. The smallest absolute Gasteiger partial charge is 0.208 e. The van der Waals surface area contributed by atoms with Gasteiger partial charge in [-0.3, -0.25) is 9.89 Å². The van der Waals surface area contributed by atoms with Gasteiger partial charge in [0.1, 0.15) is 5.82 Å². The molecule has 0 bridgehead atoms. The summed E-state index contributed by atoms with van der Waals surface area (Å²) < 4.78 is 0.965. The molecular formula is C13H14BrN3OS. The summed E-state index contributed by atoms with van der Waals surface area (Å²) in [6.45, 7) is 4.09. The predicted octanol–water partition coefficient (Wildman–Crippen LogP) is 3.67. The highest BCUT2D eigenvalue weighted by Crippen LogP contribution is 2.18. The number of hydrogen-bond acceptors (Lipinski definition) is 4. The maximum Gasteiger partial charge on any atom is 0.208 e. The first-order chi connectivity index (χ1) is 9.06. The number of nitrogens with one attached hydrogen (secondary N) is 1. The fourth-order valence-corrected chi connectivity index (χ4v) is 2.39. The third-order valence-electron chi connectivity index (χ3n) is 2.53. The molecule has 0 atom stereocenters. The van der Waals surface area contributed by atoms with Crippen LogP contribution >= 0.6 is 27.7 Å². The normalized spacial score (nSPS) is 10.9. The van der Waals surface area contributed by atoms with Crippen LogP contribution in [-0.4, -0.2) is 26.7 Å². The van der Waals surface area contributed by atoms with Gasteiger partial charge in [-0.2, -0.15) is 0 Å². The molecule has 1 N–H and O–H groups in total. The van der Waals surface area contributed by atoms with Gasteiger partial charge in [0.15, 0.2) is 5.78 Å². The quantitative estimate of drug-likeness (QED) is 0.667. The fraction of sp³-hybridized carbons (Fsp3) is 0.308. The fourth-order valence-electron chi connectivity index (χ4n) is 1.43. The number of Topliss-reactive ketones (excluding diaryl/α,β-unsaturated/α-hetero) is 1. The monoisotopic (exact) mass is 339 g/mol. The Kier molecular flexibility index (Phi) is 4.76. The Morgan fingerprint density at radius 2 is 2.05 bits per heavy atom. The number of aromatic amines is 1. The van der Waals surface area contributed by atoms with Gasteiger partial charge in [0.05, 0.1) is 5.75 Å². The van der Waals surface area contributed by atoms with Crippen LogP contribution in [0.25, 0.3) is 0 Å². The number of H-pyrrole nitrogens is 1. The van der Waals surface area contributed by atoms with Crippen molar-refractivity contribution in [2.75, 3.05) is 5.75 Å². The van der Waals surface area contributed by atoms with E-state index in [2.05, 4.69) is 31.1 Å².